The van der Waals surface area contributed by atoms with Crippen LogP contribution in [0.2, 0.25) is 0 Å². The summed E-state index contributed by atoms with van der Waals surface area (Å²) in [7, 11) is 0. The van der Waals surface area contributed by atoms with Gasteiger partial charge in [0.1, 0.15) is 0 Å². The van der Waals surface area contributed by atoms with Crippen molar-refractivity contribution in [3.8, 4) is 0 Å². The first-order chi connectivity index (χ1) is 9.92. The summed E-state index contributed by atoms with van der Waals surface area (Å²) in [4.78, 5) is 11.5. The Bertz CT molecular complexity index is 486. The van der Waals surface area contributed by atoms with Gasteiger partial charge in [0, 0.05) is 5.41 Å². The number of carboxylic acid groups (broad SMARTS) is 1. The van der Waals surface area contributed by atoms with E-state index in [1.54, 1.807) is 0 Å². The molecular weight excluding hydrogens is 314 g/mol. The molecule has 0 amide bonds. The number of halogens is 6. The fourth-order valence-corrected chi connectivity index (χ4v) is 5.38. The second-order valence-electron chi connectivity index (χ2n) is 7.35. The van der Waals surface area contributed by atoms with Crippen molar-refractivity contribution in [1.29, 1.82) is 0 Å². The summed E-state index contributed by atoms with van der Waals surface area (Å²) in [5.74, 6) is -6.56. The Morgan fingerprint density at radius 2 is 1.55 bits per heavy atom. The molecule has 22 heavy (non-hydrogen) atoms. The summed E-state index contributed by atoms with van der Waals surface area (Å²) in [6.45, 7) is 0. The summed E-state index contributed by atoms with van der Waals surface area (Å²) in [6.07, 6.45) is -9.93. The second-order valence-corrected chi connectivity index (χ2v) is 7.35. The zero-order valence-corrected chi connectivity index (χ0v) is 11.6. The van der Waals surface area contributed by atoms with Crippen LogP contribution in [0, 0.1) is 22.7 Å². The minimum absolute atomic E-state index is 0.208. The number of carboxylic acids is 1. The van der Waals surface area contributed by atoms with Crippen molar-refractivity contribution in [3.05, 3.63) is 0 Å². The van der Waals surface area contributed by atoms with Crippen molar-refractivity contribution in [2.45, 2.75) is 56.8 Å². The SMILES string of the molecule is O=C(O)C12C[C@@H]3C[C@@H](C1)CC(C(F)(F)[C@@H](F)C(F)(F)F)(C3)C2. The monoisotopic (exact) mass is 330 g/mol. The summed E-state index contributed by atoms with van der Waals surface area (Å²) >= 11 is 0. The molecule has 126 valence electrons. The van der Waals surface area contributed by atoms with Gasteiger partial charge in [-0.3, -0.25) is 4.79 Å². The first kappa shape index (κ1) is 15.9. The Morgan fingerprint density at radius 1 is 1.05 bits per heavy atom. The molecule has 0 aliphatic heterocycles. The van der Waals surface area contributed by atoms with Crippen LogP contribution in [0.5, 0.6) is 0 Å². The molecule has 0 aromatic carbocycles. The fraction of sp³-hybridized carbons (Fsp3) is 0.929. The maximum Gasteiger partial charge on any atom is 0.425 e. The highest BCUT2D eigenvalue weighted by Gasteiger charge is 2.73. The average molecular weight is 330 g/mol. The van der Waals surface area contributed by atoms with E-state index in [1.165, 1.54) is 0 Å². The van der Waals surface area contributed by atoms with Gasteiger partial charge in [-0.1, -0.05) is 0 Å². The number of carbonyl (C=O) groups is 1. The summed E-state index contributed by atoms with van der Waals surface area (Å²) in [5, 5.41) is 9.40. The maximum atomic E-state index is 14.4. The first-order valence-corrected chi connectivity index (χ1v) is 7.24. The second kappa shape index (κ2) is 4.32. The Hall–Kier alpha value is -0.950. The van der Waals surface area contributed by atoms with E-state index in [0.29, 0.717) is 6.42 Å². The number of aliphatic carboxylic acids is 1. The maximum absolute atomic E-state index is 14.4. The molecule has 0 aromatic rings. The predicted octanol–water partition coefficient (Wildman–Crippen LogP) is 4.19. The first-order valence-electron chi connectivity index (χ1n) is 7.24. The van der Waals surface area contributed by atoms with E-state index in [0.717, 1.165) is 0 Å². The summed E-state index contributed by atoms with van der Waals surface area (Å²) in [6, 6.07) is 0. The molecule has 3 atom stereocenters. The van der Waals surface area contributed by atoms with Gasteiger partial charge in [-0.25, -0.2) is 13.2 Å². The van der Waals surface area contributed by atoms with Crippen LogP contribution in [0.25, 0.3) is 0 Å². The highest BCUT2D eigenvalue weighted by molar-refractivity contribution is 5.75. The molecule has 1 N–H and O–H groups in total. The van der Waals surface area contributed by atoms with Crippen LogP contribution < -0.4 is 0 Å². The van der Waals surface area contributed by atoms with E-state index < -0.39 is 41.5 Å². The van der Waals surface area contributed by atoms with Gasteiger partial charge >= 0.3 is 12.1 Å². The Balaban J connectivity index is 2.01. The van der Waals surface area contributed by atoms with E-state index in [2.05, 4.69) is 0 Å². The van der Waals surface area contributed by atoms with Crippen LogP contribution in [-0.4, -0.2) is 29.3 Å². The number of rotatable bonds is 3. The third-order valence-electron chi connectivity index (χ3n) is 5.83. The van der Waals surface area contributed by atoms with E-state index >= 15 is 0 Å². The summed E-state index contributed by atoms with van der Waals surface area (Å²) in [5.41, 5.74) is -3.61. The van der Waals surface area contributed by atoms with Gasteiger partial charge in [-0.2, -0.15) is 13.2 Å². The van der Waals surface area contributed by atoms with Crippen LogP contribution in [0.4, 0.5) is 26.3 Å². The van der Waals surface area contributed by atoms with Crippen LogP contribution in [0.3, 0.4) is 0 Å². The van der Waals surface area contributed by atoms with Gasteiger partial charge in [-0.05, 0) is 50.4 Å². The fourth-order valence-electron chi connectivity index (χ4n) is 5.38. The lowest BCUT2D eigenvalue weighted by Gasteiger charge is -2.62. The minimum Gasteiger partial charge on any atom is -0.481 e. The van der Waals surface area contributed by atoms with Crippen LogP contribution in [0.15, 0.2) is 0 Å². The molecular formula is C14H16F6O2. The lowest BCUT2D eigenvalue weighted by molar-refractivity contribution is -0.306. The van der Waals surface area contributed by atoms with Crippen molar-refractivity contribution in [3.63, 3.8) is 0 Å². The molecule has 4 rings (SSSR count). The van der Waals surface area contributed by atoms with Crippen LogP contribution in [-0.2, 0) is 4.79 Å². The van der Waals surface area contributed by atoms with Gasteiger partial charge in [0.25, 0.3) is 12.1 Å². The van der Waals surface area contributed by atoms with Crippen molar-refractivity contribution in [2.75, 3.05) is 0 Å². The number of hydrogen-bond donors (Lipinski definition) is 1. The lowest BCUT2D eigenvalue weighted by Crippen LogP contribution is -2.64. The summed E-state index contributed by atoms with van der Waals surface area (Å²) < 4.78 is 79.8. The van der Waals surface area contributed by atoms with Crippen molar-refractivity contribution >= 4 is 5.97 Å². The van der Waals surface area contributed by atoms with Gasteiger partial charge in [0.2, 0.25) is 0 Å². The van der Waals surface area contributed by atoms with E-state index in [4.69, 9.17) is 0 Å². The smallest absolute Gasteiger partial charge is 0.425 e. The number of hydrogen-bond acceptors (Lipinski definition) is 1. The Kier molecular flexibility index (Phi) is 3.13. The van der Waals surface area contributed by atoms with E-state index in [-0.39, 0.29) is 37.5 Å². The molecule has 0 heterocycles. The normalized spacial score (nSPS) is 42.5. The van der Waals surface area contributed by atoms with E-state index in [1.807, 2.05) is 0 Å². The zero-order chi connectivity index (χ0) is 16.6. The molecule has 0 saturated heterocycles. The van der Waals surface area contributed by atoms with Gasteiger partial charge in [0.05, 0.1) is 5.41 Å². The molecule has 4 aliphatic carbocycles. The molecule has 0 spiro atoms. The third kappa shape index (κ3) is 1.98. The largest absolute Gasteiger partial charge is 0.481 e. The van der Waals surface area contributed by atoms with Crippen molar-refractivity contribution in [1.82, 2.24) is 0 Å². The molecule has 2 nitrogen and oxygen atoms in total. The van der Waals surface area contributed by atoms with Crippen molar-refractivity contribution < 1.29 is 36.2 Å². The van der Waals surface area contributed by atoms with Crippen molar-refractivity contribution in [2.24, 2.45) is 22.7 Å². The van der Waals surface area contributed by atoms with E-state index in [9.17, 15) is 36.2 Å². The zero-order valence-electron chi connectivity index (χ0n) is 11.6. The number of alkyl halides is 6. The predicted molar refractivity (Wildman–Crippen MR) is 63.1 cm³/mol. The average Bonchev–Trinajstić information content (AvgIpc) is 2.34. The molecule has 4 bridgehead atoms. The highest BCUT2D eigenvalue weighted by Crippen LogP contribution is 2.70. The third-order valence-corrected chi connectivity index (χ3v) is 5.83. The molecule has 0 unspecified atom stereocenters. The quantitative estimate of drug-likeness (QED) is 0.788. The molecule has 0 radical (unpaired) electrons. The molecule has 0 aromatic heterocycles. The van der Waals surface area contributed by atoms with Gasteiger partial charge in [-0.15, -0.1) is 0 Å². The Morgan fingerprint density at radius 3 is 1.95 bits per heavy atom. The lowest BCUT2D eigenvalue weighted by atomic mass is 9.42. The van der Waals surface area contributed by atoms with Crippen LogP contribution >= 0.6 is 0 Å². The Labute approximate surface area is 122 Å². The molecule has 4 aliphatic rings. The van der Waals surface area contributed by atoms with Gasteiger partial charge in [0.15, 0.2) is 0 Å². The highest BCUT2D eigenvalue weighted by atomic mass is 19.4. The molecule has 4 fully saturated rings. The topological polar surface area (TPSA) is 37.3 Å². The minimum atomic E-state index is -5.65. The standard InChI is InChI=1S/C14H16F6O2/c15-9(14(18,19)20)13(16,17)12-4-7-1-8(5-12)3-11(2-7,6-12)10(21)22/h7-9H,1-6H2,(H,21,22)/t7-,8-,9+,11?,12?/m0/s1. The molecule has 4 saturated carbocycles. The molecule has 8 heteroatoms. The van der Waals surface area contributed by atoms with Gasteiger partial charge < -0.3 is 5.11 Å². The van der Waals surface area contributed by atoms with Crippen LogP contribution in [0.1, 0.15) is 38.5 Å².